The molecule has 0 radical (unpaired) electrons. The van der Waals surface area contributed by atoms with E-state index in [-0.39, 0.29) is 17.9 Å². The molecule has 3 unspecified atom stereocenters. The van der Waals surface area contributed by atoms with Gasteiger partial charge >= 0.3 is 6.18 Å². The fourth-order valence-corrected chi connectivity index (χ4v) is 3.56. The minimum atomic E-state index is -4.01. The van der Waals surface area contributed by atoms with Gasteiger partial charge < -0.3 is 5.32 Å². The number of hydrogen-bond donors (Lipinski definition) is 1. The maximum atomic E-state index is 12.8. The van der Waals surface area contributed by atoms with E-state index >= 15 is 0 Å². The van der Waals surface area contributed by atoms with Crippen LogP contribution in [0.5, 0.6) is 0 Å². The van der Waals surface area contributed by atoms with E-state index in [2.05, 4.69) is 19.2 Å². The molecule has 0 heterocycles. The van der Waals surface area contributed by atoms with Gasteiger partial charge in [0.05, 0.1) is 5.92 Å². The van der Waals surface area contributed by atoms with Crippen LogP contribution in [-0.4, -0.2) is 18.3 Å². The fourth-order valence-electron chi connectivity index (χ4n) is 3.56. The first-order valence-corrected chi connectivity index (χ1v) is 7.12. The molecule has 4 heteroatoms. The van der Waals surface area contributed by atoms with Crippen LogP contribution in [0, 0.1) is 11.3 Å². The second-order valence-electron chi connectivity index (χ2n) is 6.70. The molecule has 0 aromatic carbocycles. The van der Waals surface area contributed by atoms with Gasteiger partial charge in [-0.3, -0.25) is 0 Å². The van der Waals surface area contributed by atoms with E-state index in [1.165, 1.54) is 12.8 Å². The van der Waals surface area contributed by atoms with Crippen molar-refractivity contribution >= 4 is 0 Å². The number of halogens is 3. The average Bonchev–Trinajstić information content (AvgIpc) is 2.58. The summed E-state index contributed by atoms with van der Waals surface area (Å²) in [6.07, 6.45) is 1.67. The molecule has 0 aromatic rings. The zero-order valence-corrected chi connectivity index (χ0v) is 11.3. The molecule has 0 spiro atoms. The lowest BCUT2D eigenvalue weighted by Crippen LogP contribution is -2.47. The van der Waals surface area contributed by atoms with Crippen molar-refractivity contribution in [3.63, 3.8) is 0 Å². The highest BCUT2D eigenvalue weighted by Gasteiger charge is 2.43. The van der Waals surface area contributed by atoms with Crippen LogP contribution in [0.15, 0.2) is 0 Å². The molecule has 1 nitrogen and oxygen atoms in total. The monoisotopic (exact) mass is 263 g/mol. The topological polar surface area (TPSA) is 12.0 Å². The van der Waals surface area contributed by atoms with Crippen molar-refractivity contribution in [2.45, 2.75) is 77.1 Å². The van der Waals surface area contributed by atoms with Crippen molar-refractivity contribution in [1.29, 1.82) is 0 Å². The van der Waals surface area contributed by atoms with Crippen molar-refractivity contribution < 1.29 is 13.2 Å². The Labute approximate surface area is 108 Å². The van der Waals surface area contributed by atoms with Crippen molar-refractivity contribution in [2.75, 3.05) is 0 Å². The van der Waals surface area contributed by atoms with Crippen molar-refractivity contribution in [3.8, 4) is 0 Å². The van der Waals surface area contributed by atoms with Gasteiger partial charge in [0, 0.05) is 12.1 Å². The minimum Gasteiger partial charge on any atom is -0.311 e. The third-order valence-corrected chi connectivity index (χ3v) is 4.83. The molecular weight excluding hydrogens is 239 g/mol. The highest BCUT2D eigenvalue weighted by atomic mass is 19.4. The van der Waals surface area contributed by atoms with E-state index in [1.807, 2.05) is 0 Å². The largest absolute Gasteiger partial charge is 0.391 e. The first-order chi connectivity index (χ1) is 8.29. The number of hydrogen-bond acceptors (Lipinski definition) is 1. The summed E-state index contributed by atoms with van der Waals surface area (Å²) in [6, 6.07) is 0.460. The Bertz CT molecular complexity index is 285. The molecule has 18 heavy (non-hydrogen) atoms. The van der Waals surface area contributed by atoms with Crippen LogP contribution >= 0.6 is 0 Å². The van der Waals surface area contributed by atoms with Gasteiger partial charge in [0.2, 0.25) is 0 Å². The van der Waals surface area contributed by atoms with Gasteiger partial charge in [-0.2, -0.15) is 13.2 Å². The molecule has 2 aliphatic carbocycles. The second-order valence-corrected chi connectivity index (χ2v) is 6.70. The Hall–Kier alpha value is -0.250. The van der Waals surface area contributed by atoms with Crippen molar-refractivity contribution in [3.05, 3.63) is 0 Å². The number of nitrogens with one attached hydrogen (secondary N) is 1. The summed E-state index contributed by atoms with van der Waals surface area (Å²) in [5, 5.41) is 3.51. The molecule has 0 bridgehead atoms. The molecule has 0 saturated heterocycles. The maximum Gasteiger partial charge on any atom is 0.391 e. The Balaban J connectivity index is 1.90. The first kappa shape index (κ1) is 14.2. The lowest BCUT2D eigenvalue weighted by molar-refractivity contribution is -0.184. The predicted octanol–water partition coefficient (Wildman–Crippen LogP) is 4.28. The van der Waals surface area contributed by atoms with E-state index < -0.39 is 12.1 Å². The molecule has 0 aromatic heterocycles. The van der Waals surface area contributed by atoms with E-state index in [4.69, 9.17) is 0 Å². The zero-order chi connectivity index (χ0) is 13.4. The summed E-state index contributed by atoms with van der Waals surface area (Å²) in [4.78, 5) is 0. The van der Waals surface area contributed by atoms with Gasteiger partial charge in [-0.1, -0.05) is 26.7 Å². The lowest BCUT2D eigenvalue weighted by atomic mass is 9.82. The summed E-state index contributed by atoms with van der Waals surface area (Å²) in [6.45, 7) is 4.45. The second kappa shape index (κ2) is 5.03. The fraction of sp³-hybridized carbons (Fsp3) is 1.00. The SMILES string of the molecule is CC1(C)CCCC1NC1CCCC(C(F)(F)F)C1. The van der Waals surface area contributed by atoms with E-state index in [9.17, 15) is 13.2 Å². The Morgan fingerprint density at radius 3 is 2.33 bits per heavy atom. The van der Waals surface area contributed by atoms with Gasteiger partial charge in [-0.25, -0.2) is 0 Å². The quantitative estimate of drug-likeness (QED) is 0.784. The molecule has 106 valence electrons. The summed E-state index contributed by atoms with van der Waals surface area (Å²) in [7, 11) is 0. The molecule has 2 rings (SSSR count). The van der Waals surface area contributed by atoms with E-state index in [0.717, 1.165) is 12.8 Å². The van der Waals surface area contributed by atoms with E-state index in [1.54, 1.807) is 0 Å². The smallest absolute Gasteiger partial charge is 0.311 e. The zero-order valence-electron chi connectivity index (χ0n) is 11.3. The molecular formula is C14H24F3N. The Morgan fingerprint density at radius 2 is 1.78 bits per heavy atom. The molecule has 1 N–H and O–H groups in total. The van der Waals surface area contributed by atoms with Gasteiger partial charge in [0.15, 0.2) is 0 Å². The van der Waals surface area contributed by atoms with Gasteiger partial charge in [0.1, 0.15) is 0 Å². The molecule has 3 atom stereocenters. The van der Waals surface area contributed by atoms with Gasteiger partial charge in [-0.15, -0.1) is 0 Å². The van der Waals surface area contributed by atoms with Gasteiger partial charge in [-0.05, 0) is 37.5 Å². The summed E-state index contributed by atoms with van der Waals surface area (Å²) >= 11 is 0. The summed E-state index contributed by atoms with van der Waals surface area (Å²) in [5.41, 5.74) is 0.241. The number of rotatable bonds is 2. The predicted molar refractivity (Wildman–Crippen MR) is 66.4 cm³/mol. The van der Waals surface area contributed by atoms with Crippen LogP contribution in [0.2, 0.25) is 0 Å². The maximum absolute atomic E-state index is 12.8. The third-order valence-electron chi connectivity index (χ3n) is 4.83. The Morgan fingerprint density at radius 1 is 1.06 bits per heavy atom. The summed E-state index contributed by atoms with van der Waals surface area (Å²) in [5.74, 6) is -1.09. The molecule has 0 aliphatic heterocycles. The Kier molecular flexibility index (Phi) is 3.96. The minimum absolute atomic E-state index is 0.0627. The van der Waals surface area contributed by atoms with Crippen LogP contribution in [0.1, 0.15) is 58.8 Å². The summed E-state index contributed by atoms with van der Waals surface area (Å²) < 4.78 is 38.3. The van der Waals surface area contributed by atoms with E-state index in [0.29, 0.717) is 18.9 Å². The van der Waals surface area contributed by atoms with Gasteiger partial charge in [0.25, 0.3) is 0 Å². The lowest BCUT2D eigenvalue weighted by Gasteiger charge is -2.36. The van der Waals surface area contributed by atoms with Crippen LogP contribution in [0.3, 0.4) is 0 Å². The first-order valence-electron chi connectivity index (χ1n) is 7.12. The molecule has 2 saturated carbocycles. The van der Waals surface area contributed by atoms with Crippen LogP contribution < -0.4 is 5.32 Å². The molecule has 2 aliphatic rings. The molecule has 2 fully saturated rings. The number of alkyl halides is 3. The third kappa shape index (κ3) is 3.19. The highest BCUT2D eigenvalue weighted by Crippen LogP contribution is 2.41. The normalized spacial score (nSPS) is 36.8. The molecule has 0 amide bonds. The average molecular weight is 263 g/mol. The standard InChI is InChI=1S/C14H24F3N/c1-13(2)8-4-7-12(13)18-11-6-3-5-10(9-11)14(15,16)17/h10-12,18H,3-9H2,1-2H3. The van der Waals surface area contributed by atoms with Crippen LogP contribution in [0.25, 0.3) is 0 Å². The van der Waals surface area contributed by atoms with Crippen molar-refractivity contribution in [1.82, 2.24) is 5.32 Å². The van der Waals surface area contributed by atoms with Crippen molar-refractivity contribution in [2.24, 2.45) is 11.3 Å². The van der Waals surface area contributed by atoms with Crippen LogP contribution in [0.4, 0.5) is 13.2 Å². The highest BCUT2D eigenvalue weighted by molar-refractivity contribution is 4.93. The van der Waals surface area contributed by atoms with Crippen LogP contribution in [-0.2, 0) is 0 Å².